The summed E-state index contributed by atoms with van der Waals surface area (Å²) in [4.78, 5) is 23.8. The maximum absolute atomic E-state index is 12.5. The van der Waals surface area contributed by atoms with Gasteiger partial charge in [-0.1, -0.05) is 26.0 Å². The molecule has 2 atom stereocenters. The highest BCUT2D eigenvalue weighted by atomic mass is 16.5. The first-order chi connectivity index (χ1) is 11.8. The number of benzene rings is 1. The fraction of sp³-hybridized carbons (Fsp3) is 0.474. The lowest BCUT2D eigenvalue weighted by Crippen LogP contribution is -2.49. The molecular weight excluding hydrogens is 320 g/mol. The van der Waals surface area contributed by atoms with Crippen molar-refractivity contribution in [2.75, 3.05) is 6.61 Å². The van der Waals surface area contributed by atoms with Gasteiger partial charge in [0.15, 0.2) is 11.3 Å². The topological polar surface area (TPSA) is 80.6 Å². The summed E-state index contributed by atoms with van der Waals surface area (Å²) in [6, 6.07) is 6.68. The molecule has 136 valence electrons. The highest BCUT2D eigenvalue weighted by Gasteiger charge is 2.25. The summed E-state index contributed by atoms with van der Waals surface area (Å²) in [6.07, 6.45) is 0. The van der Waals surface area contributed by atoms with Crippen LogP contribution in [0.15, 0.2) is 28.7 Å². The summed E-state index contributed by atoms with van der Waals surface area (Å²) in [5.41, 5.74) is 0.669. The van der Waals surface area contributed by atoms with Crippen LogP contribution in [0.1, 0.15) is 46.4 Å². The lowest BCUT2D eigenvalue weighted by atomic mass is 10.0. The van der Waals surface area contributed by atoms with Gasteiger partial charge in [0.05, 0.1) is 12.6 Å². The number of hydrogen-bond donors (Lipinski definition) is 2. The normalized spacial score (nSPS) is 13.5. The minimum Gasteiger partial charge on any atom is -0.490 e. The van der Waals surface area contributed by atoms with E-state index in [-0.39, 0.29) is 23.8 Å². The average molecular weight is 346 g/mol. The van der Waals surface area contributed by atoms with Crippen LogP contribution in [-0.2, 0) is 9.59 Å². The minimum atomic E-state index is -0.580. The van der Waals surface area contributed by atoms with Gasteiger partial charge in [0.1, 0.15) is 11.8 Å². The number of hydrogen-bond acceptors (Lipinski definition) is 4. The molecule has 0 aliphatic carbocycles. The van der Waals surface area contributed by atoms with Crippen LogP contribution in [-0.4, -0.2) is 24.5 Å². The van der Waals surface area contributed by atoms with Crippen LogP contribution in [0, 0.1) is 5.92 Å². The Morgan fingerprint density at radius 2 is 1.92 bits per heavy atom. The summed E-state index contributed by atoms with van der Waals surface area (Å²) in [5, 5.41) is 6.51. The van der Waals surface area contributed by atoms with Gasteiger partial charge in [-0.3, -0.25) is 9.59 Å². The van der Waals surface area contributed by atoms with Crippen molar-refractivity contribution >= 4 is 22.8 Å². The monoisotopic (exact) mass is 346 g/mol. The molecule has 1 aromatic carbocycles. The minimum absolute atomic E-state index is 0.0173. The smallest absolute Gasteiger partial charge is 0.243 e. The maximum Gasteiger partial charge on any atom is 0.243 e. The van der Waals surface area contributed by atoms with Crippen LogP contribution < -0.4 is 15.4 Å². The molecule has 2 N–H and O–H groups in total. The van der Waals surface area contributed by atoms with Crippen molar-refractivity contribution in [2.45, 2.75) is 46.7 Å². The number of carbonyl (C=O) groups excluding carboxylic acids is 2. The summed E-state index contributed by atoms with van der Waals surface area (Å²) >= 11 is 0. The van der Waals surface area contributed by atoms with Crippen molar-refractivity contribution in [3.63, 3.8) is 0 Å². The van der Waals surface area contributed by atoms with Crippen LogP contribution in [0.3, 0.4) is 0 Å². The zero-order chi connectivity index (χ0) is 18.6. The van der Waals surface area contributed by atoms with E-state index < -0.39 is 6.04 Å². The molecule has 6 heteroatoms. The molecule has 2 unspecified atom stereocenters. The lowest BCUT2D eigenvalue weighted by Gasteiger charge is -2.22. The molecule has 25 heavy (non-hydrogen) atoms. The Balaban J connectivity index is 2.18. The lowest BCUT2D eigenvalue weighted by molar-refractivity contribution is -0.129. The largest absolute Gasteiger partial charge is 0.490 e. The number of fused-ring (bicyclic) bond motifs is 1. The molecule has 0 aliphatic heterocycles. The highest BCUT2D eigenvalue weighted by molar-refractivity contribution is 5.87. The third-order valence-corrected chi connectivity index (χ3v) is 3.92. The quantitative estimate of drug-likeness (QED) is 0.807. The second kappa shape index (κ2) is 8.05. The number of amides is 2. The van der Waals surface area contributed by atoms with E-state index in [4.69, 9.17) is 9.15 Å². The second-order valence-electron chi connectivity index (χ2n) is 6.41. The van der Waals surface area contributed by atoms with Gasteiger partial charge < -0.3 is 19.8 Å². The Hall–Kier alpha value is -2.50. The first-order valence-corrected chi connectivity index (χ1v) is 8.56. The Morgan fingerprint density at radius 1 is 1.20 bits per heavy atom. The first kappa shape index (κ1) is 18.8. The molecular formula is C19H26N2O4. The number of furan rings is 1. The standard InChI is InChI=1S/C19H26N2O4/c1-6-24-15-9-7-8-14-10-16(25-18(14)15)12(4)20-19(23)17(11(2)3)21-13(5)22/h7-12,17H,6H2,1-5H3,(H,20,23)(H,21,22). The van der Waals surface area contributed by atoms with Crippen molar-refractivity contribution < 1.29 is 18.7 Å². The second-order valence-corrected chi connectivity index (χ2v) is 6.41. The maximum atomic E-state index is 12.5. The molecule has 1 aromatic heterocycles. The number of nitrogens with one attached hydrogen (secondary N) is 2. The SMILES string of the molecule is CCOc1cccc2cc(C(C)NC(=O)C(NC(C)=O)C(C)C)oc12. The number of rotatable bonds is 7. The van der Waals surface area contributed by atoms with E-state index in [1.165, 1.54) is 6.92 Å². The van der Waals surface area contributed by atoms with Crippen molar-refractivity contribution in [2.24, 2.45) is 5.92 Å². The fourth-order valence-electron chi connectivity index (χ4n) is 2.67. The molecule has 0 fully saturated rings. The van der Waals surface area contributed by atoms with E-state index in [2.05, 4.69) is 10.6 Å². The summed E-state index contributed by atoms with van der Waals surface area (Å²) in [6.45, 7) is 9.50. The summed E-state index contributed by atoms with van der Waals surface area (Å²) in [7, 11) is 0. The molecule has 0 bridgehead atoms. The van der Waals surface area contributed by atoms with Gasteiger partial charge in [-0.05, 0) is 31.9 Å². The average Bonchev–Trinajstić information content (AvgIpc) is 2.97. The van der Waals surface area contributed by atoms with Crippen LogP contribution in [0.25, 0.3) is 11.0 Å². The third kappa shape index (κ3) is 4.53. The Labute approximate surface area is 147 Å². The van der Waals surface area contributed by atoms with Crippen molar-refractivity contribution in [1.29, 1.82) is 0 Å². The fourth-order valence-corrected chi connectivity index (χ4v) is 2.67. The van der Waals surface area contributed by atoms with E-state index in [0.29, 0.717) is 23.7 Å². The molecule has 0 saturated carbocycles. The van der Waals surface area contributed by atoms with Gasteiger partial charge in [-0.2, -0.15) is 0 Å². The van der Waals surface area contributed by atoms with Gasteiger partial charge in [0.2, 0.25) is 11.8 Å². The van der Waals surface area contributed by atoms with Gasteiger partial charge in [-0.15, -0.1) is 0 Å². The van der Waals surface area contributed by atoms with E-state index >= 15 is 0 Å². The van der Waals surface area contributed by atoms with E-state index in [1.807, 2.05) is 52.0 Å². The van der Waals surface area contributed by atoms with Crippen LogP contribution in [0.4, 0.5) is 0 Å². The van der Waals surface area contributed by atoms with Gasteiger partial charge in [-0.25, -0.2) is 0 Å². The van der Waals surface area contributed by atoms with Gasteiger partial charge in [0.25, 0.3) is 0 Å². The first-order valence-electron chi connectivity index (χ1n) is 8.56. The Morgan fingerprint density at radius 3 is 2.52 bits per heavy atom. The summed E-state index contributed by atoms with van der Waals surface area (Å²) < 4.78 is 11.5. The highest BCUT2D eigenvalue weighted by Crippen LogP contribution is 2.31. The Kier molecular flexibility index (Phi) is 6.07. The zero-order valence-corrected chi connectivity index (χ0v) is 15.4. The molecule has 0 aliphatic rings. The van der Waals surface area contributed by atoms with Gasteiger partial charge in [0, 0.05) is 12.3 Å². The van der Waals surface area contributed by atoms with Crippen molar-refractivity contribution in [3.8, 4) is 5.75 Å². The number of para-hydroxylation sites is 1. The summed E-state index contributed by atoms with van der Waals surface area (Å²) in [5.74, 6) is 0.843. The number of carbonyl (C=O) groups is 2. The van der Waals surface area contributed by atoms with Crippen molar-refractivity contribution in [3.05, 3.63) is 30.0 Å². The van der Waals surface area contributed by atoms with Crippen molar-refractivity contribution in [1.82, 2.24) is 10.6 Å². The predicted octanol–water partition coefficient (Wildman–Crippen LogP) is 3.17. The third-order valence-electron chi connectivity index (χ3n) is 3.92. The molecule has 2 aromatic rings. The molecule has 1 heterocycles. The number of ether oxygens (including phenoxy) is 1. The van der Waals surface area contributed by atoms with Crippen LogP contribution in [0.2, 0.25) is 0 Å². The van der Waals surface area contributed by atoms with Crippen LogP contribution in [0.5, 0.6) is 5.75 Å². The van der Waals surface area contributed by atoms with Gasteiger partial charge >= 0.3 is 0 Å². The molecule has 0 spiro atoms. The molecule has 0 saturated heterocycles. The van der Waals surface area contributed by atoms with Crippen LogP contribution >= 0.6 is 0 Å². The zero-order valence-electron chi connectivity index (χ0n) is 15.4. The molecule has 2 rings (SSSR count). The Bertz CT molecular complexity index is 751. The van der Waals surface area contributed by atoms with E-state index in [0.717, 1.165) is 5.39 Å². The predicted molar refractivity (Wildman–Crippen MR) is 96.4 cm³/mol. The molecule has 6 nitrogen and oxygen atoms in total. The van der Waals surface area contributed by atoms with E-state index in [1.54, 1.807) is 0 Å². The van der Waals surface area contributed by atoms with E-state index in [9.17, 15) is 9.59 Å². The molecule has 0 radical (unpaired) electrons. The molecule has 2 amide bonds.